The van der Waals surface area contributed by atoms with Crippen molar-refractivity contribution in [2.45, 2.75) is 4.90 Å². The minimum atomic E-state index is -2.73. The molecule has 0 saturated heterocycles. The van der Waals surface area contributed by atoms with E-state index in [1.807, 2.05) is 6.07 Å². The summed E-state index contributed by atoms with van der Waals surface area (Å²) in [5.41, 5.74) is 1.29. The Labute approximate surface area is 134 Å². The molecule has 1 aromatic carbocycles. The van der Waals surface area contributed by atoms with E-state index in [0.29, 0.717) is 33.3 Å². The number of benzene rings is 1. The fourth-order valence-electron chi connectivity index (χ4n) is 2.07. The van der Waals surface area contributed by atoms with Crippen LogP contribution in [0, 0.1) is 4.78 Å². The maximum Gasteiger partial charge on any atom is 0.213 e. The van der Waals surface area contributed by atoms with E-state index in [1.165, 1.54) is 6.26 Å². The molecular weight excluding hydrogens is 314 g/mol. The molecule has 118 valence electrons. The van der Waals surface area contributed by atoms with Crippen LogP contribution in [-0.2, 0) is 9.73 Å². The van der Waals surface area contributed by atoms with Gasteiger partial charge in [0.05, 0.1) is 22.4 Å². The van der Waals surface area contributed by atoms with Crippen LogP contribution in [0.15, 0.2) is 53.6 Å². The van der Waals surface area contributed by atoms with E-state index < -0.39 is 9.73 Å². The fourth-order valence-corrected chi connectivity index (χ4v) is 2.73. The highest BCUT2D eigenvalue weighted by atomic mass is 32.2. The highest BCUT2D eigenvalue weighted by Gasteiger charge is 2.09. The van der Waals surface area contributed by atoms with Crippen LogP contribution in [0.2, 0.25) is 0 Å². The van der Waals surface area contributed by atoms with Gasteiger partial charge < -0.3 is 9.47 Å². The van der Waals surface area contributed by atoms with E-state index in [2.05, 4.69) is 9.97 Å². The molecule has 6 nitrogen and oxygen atoms in total. The van der Waals surface area contributed by atoms with Gasteiger partial charge in [0.15, 0.2) is 5.75 Å². The van der Waals surface area contributed by atoms with Crippen molar-refractivity contribution in [3.05, 3.63) is 48.7 Å². The highest BCUT2D eigenvalue weighted by molar-refractivity contribution is 7.91. The molecule has 3 aromatic rings. The Morgan fingerprint density at radius 1 is 1.09 bits per heavy atom. The van der Waals surface area contributed by atoms with Gasteiger partial charge in [-0.3, -0.25) is 4.98 Å². The summed E-state index contributed by atoms with van der Waals surface area (Å²) in [5, 5.41) is 0. The van der Waals surface area contributed by atoms with Gasteiger partial charge in [-0.1, -0.05) is 0 Å². The van der Waals surface area contributed by atoms with Crippen molar-refractivity contribution in [3.63, 3.8) is 0 Å². The first-order chi connectivity index (χ1) is 11.0. The quantitative estimate of drug-likeness (QED) is 0.792. The van der Waals surface area contributed by atoms with Crippen molar-refractivity contribution in [1.82, 2.24) is 9.97 Å². The van der Waals surface area contributed by atoms with Crippen molar-refractivity contribution in [3.8, 4) is 17.4 Å². The average Bonchev–Trinajstić information content (AvgIpc) is 2.54. The smallest absolute Gasteiger partial charge is 0.213 e. The summed E-state index contributed by atoms with van der Waals surface area (Å²) in [6, 6.07) is 11.9. The Hall–Kier alpha value is -2.67. The molecule has 0 aliphatic rings. The number of methoxy groups -OCH3 is 1. The molecule has 0 radical (unpaired) electrons. The van der Waals surface area contributed by atoms with Gasteiger partial charge in [0.2, 0.25) is 5.88 Å². The standard InChI is InChI=1S/C16H15N3O3S/c1-21-15-8-7-13-16(19-15)14(9-10-18-13)22-11-3-5-12(6-4-11)23(2,17)20/h3-10,17H,1-2H3. The van der Waals surface area contributed by atoms with Crippen molar-refractivity contribution in [1.29, 1.82) is 4.78 Å². The van der Waals surface area contributed by atoms with Gasteiger partial charge >= 0.3 is 0 Å². The number of rotatable bonds is 4. The van der Waals surface area contributed by atoms with Crippen LogP contribution in [0.5, 0.6) is 17.4 Å². The van der Waals surface area contributed by atoms with Gasteiger partial charge in [-0.25, -0.2) is 14.0 Å². The number of fused-ring (bicyclic) bond motifs is 1. The Kier molecular flexibility index (Phi) is 3.87. The molecule has 0 aliphatic carbocycles. The van der Waals surface area contributed by atoms with Crippen LogP contribution < -0.4 is 9.47 Å². The van der Waals surface area contributed by atoms with Crippen LogP contribution in [0.1, 0.15) is 0 Å². The molecule has 2 heterocycles. The summed E-state index contributed by atoms with van der Waals surface area (Å²) in [6.45, 7) is 0. The Balaban J connectivity index is 1.98. The van der Waals surface area contributed by atoms with E-state index >= 15 is 0 Å². The van der Waals surface area contributed by atoms with Crippen LogP contribution in [-0.4, -0.2) is 27.5 Å². The molecule has 0 fully saturated rings. The van der Waals surface area contributed by atoms with Crippen molar-refractivity contribution >= 4 is 20.8 Å². The number of hydrogen-bond acceptors (Lipinski definition) is 6. The first-order valence-electron chi connectivity index (χ1n) is 6.79. The number of pyridine rings is 2. The summed E-state index contributed by atoms with van der Waals surface area (Å²) in [5.74, 6) is 1.59. The minimum absolute atomic E-state index is 0.462. The van der Waals surface area contributed by atoms with Crippen LogP contribution >= 0.6 is 0 Å². The molecule has 2 aromatic heterocycles. The van der Waals surface area contributed by atoms with Gasteiger partial charge in [0.1, 0.15) is 11.3 Å². The lowest BCUT2D eigenvalue weighted by Gasteiger charge is -2.09. The predicted octanol–water partition coefficient (Wildman–Crippen LogP) is 3.47. The normalized spacial score (nSPS) is 13.5. The Morgan fingerprint density at radius 3 is 2.48 bits per heavy atom. The molecule has 3 rings (SSSR count). The molecule has 0 saturated carbocycles. The molecule has 0 spiro atoms. The van der Waals surface area contributed by atoms with E-state index in [9.17, 15) is 4.21 Å². The Morgan fingerprint density at radius 2 is 1.83 bits per heavy atom. The summed E-state index contributed by atoms with van der Waals surface area (Å²) in [6.07, 6.45) is 3.03. The predicted molar refractivity (Wildman–Crippen MR) is 87.7 cm³/mol. The molecular formula is C16H15N3O3S. The van der Waals surface area contributed by atoms with Crippen LogP contribution in [0.25, 0.3) is 11.0 Å². The van der Waals surface area contributed by atoms with Crippen LogP contribution in [0.4, 0.5) is 0 Å². The molecule has 0 aliphatic heterocycles. The fraction of sp³-hybridized carbons (Fsp3) is 0.125. The van der Waals surface area contributed by atoms with Gasteiger partial charge in [-0.2, -0.15) is 0 Å². The lowest BCUT2D eigenvalue weighted by atomic mass is 10.3. The zero-order valence-corrected chi connectivity index (χ0v) is 13.5. The van der Waals surface area contributed by atoms with Crippen molar-refractivity contribution in [2.75, 3.05) is 13.4 Å². The van der Waals surface area contributed by atoms with Gasteiger partial charge in [-0.15, -0.1) is 0 Å². The van der Waals surface area contributed by atoms with Crippen molar-refractivity contribution in [2.24, 2.45) is 0 Å². The topological polar surface area (TPSA) is 85.2 Å². The van der Waals surface area contributed by atoms with E-state index in [-0.39, 0.29) is 0 Å². The number of nitrogens with one attached hydrogen (secondary N) is 1. The zero-order chi connectivity index (χ0) is 16.4. The lowest BCUT2D eigenvalue weighted by Crippen LogP contribution is -1.95. The number of hydrogen-bond donors (Lipinski definition) is 1. The van der Waals surface area contributed by atoms with Gasteiger partial charge in [0, 0.05) is 29.5 Å². The van der Waals surface area contributed by atoms with Crippen molar-refractivity contribution < 1.29 is 13.7 Å². The summed E-state index contributed by atoms with van der Waals surface area (Å²) in [7, 11) is -1.18. The van der Waals surface area contributed by atoms with Gasteiger partial charge in [-0.05, 0) is 30.3 Å². The van der Waals surface area contributed by atoms with Gasteiger partial charge in [0.25, 0.3) is 0 Å². The summed E-state index contributed by atoms with van der Waals surface area (Å²) >= 11 is 0. The third kappa shape index (κ3) is 3.24. The molecule has 1 unspecified atom stereocenters. The second-order valence-corrected chi connectivity index (χ2v) is 7.11. The second-order valence-electron chi connectivity index (χ2n) is 4.95. The molecule has 23 heavy (non-hydrogen) atoms. The maximum atomic E-state index is 11.7. The first-order valence-corrected chi connectivity index (χ1v) is 8.75. The zero-order valence-electron chi connectivity index (χ0n) is 12.6. The first kappa shape index (κ1) is 15.2. The number of aromatic nitrogens is 2. The van der Waals surface area contributed by atoms with E-state index in [4.69, 9.17) is 14.3 Å². The molecule has 1 atom stereocenters. The SMILES string of the molecule is COc1ccc2nccc(Oc3ccc(S(C)(=N)=O)cc3)c2n1. The minimum Gasteiger partial charge on any atom is -0.481 e. The second kappa shape index (κ2) is 5.85. The molecule has 7 heteroatoms. The Bertz CT molecular complexity index is 954. The monoisotopic (exact) mass is 329 g/mol. The lowest BCUT2D eigenvalue weighted by molar-refractivity contribution is 0.399. The van der Waals surface area contributed by atoms with Crippen LogP contribution in [0.3, 0.4) is 0 Å². The summed E-state index contributed by atoms with van der Waals surface area (Å²) in [4.78, 5) is 9.07. The molecule has 0 amide bonds. The highest BCUT2D eigenvalue weighted by Crippen LogP contribution is 2.29. The molecule has 1 N–H and O–H groups in total. The summed E-state index contributed by atoms with van der Waals surface area (Å²) < 4.78 is 30.2. The van der Waals surface area contributed by atoms with E-state index in [0.717, 1.165) is 0 Å². The largest absolute Gasteiger partial charge is 0.481 e. The number of ether oxygens (including phenoxy) is 2. The third-order valence-electron chi connectivity index (χ3n) is 3.23. The third-order valence-corrected chi connectivity index (χ3v) is 4.40. The average molecular weight is 329 g/mol. The van der Waals surface area contributed by atoms with E-state index in [1.54, 1.807) is 49.7 Å². The maximum absolute atomic E-state index is 11.7. The molecule has 0 bridgehead atoms. The number of nitrogens with zero attached hydrogens (tertiary/aromatic N) is 2.